The van der Waals surface area contributed by atoms with Gasteiger partial charge in [-0.3, -0.25) is 9.78 Å². The predicted molar refractivity (Wildman–Crippen MR) is 139 cm³/mol. The van der Waals surface area contributed by atoms with E-state index in [-0.39, 0.29) is 11.8 Å². The molecule has 2 heterocycles. The Labute approximate surface area is 206 Å². The van der Waals surface area contributed by atoms with Gasteiger partial charge in [0.05, 0.1) is 25.8 Å². The van der Waals surface area contributed by atoms with E-state index in [1.165, 1.54) is 10.9 Å². The molecule has 1 fully saturated rings. The third-order valence-corrected chi connectivity index (χ3v) is 6.83. The highest BCUT2D eigenvalue weighted by Gasteiger charge is 2.25. The van der Waals surface area contributed by atoms with E-state index in [0.717, 1.165) is 39.9 Å². The number of fused-ring (bicyclic) bond motifs is 1. The molecule has 5 rings (SSSR count). The Bertz CT molecular complexity index is 1330. The summed E-state index contributed by atoms with van der Waals surface area (Å²) in [6, 6.07) is 24.3. The predicted octanol–water partition coefficient (Wildman–Crippen LogP) is 5.55. The van der Waals surface area contributed by atoms with Crippen molar-refractivity contribution < 1.29 is 14.3 Å². The molecule has 0 aliphatic carbocycles. The van der Waals surface area contributed by atoms with Gasteiger partial charge in [0.2, 0.25) is 0 Å². The average Bonchev–Trinajstić information content (AvgIpc) is 3.14. The quantitative estimate of drug-likeness (QED) is 0.387. The van der Waals surface area contributed by atoms with Crippen molar-refractivity contribution in [1.29, 1.82) is 0 Å². The number of ether oxygens (including phenoxy) is 2. The first-order valence-corrected chi connectivity index (χ1v) is 12.1. The number of hydrogen-bond donors (Lipinski definition) is 0. The molecule has 1 atom stereocenters. The molecule has 35 heavy (non-hydrogen) atoms. The zero-order chi connectivity index (χ0) is 24.2. The third-order valence-electron chi connectivity index (χ3n) is 6.83. The molecule has 1 aliphatic rings. The topological polar surface area (TPSA) is 51.7 Å². The SMILES string of the molecule is COc1ccc(-c2cccc(C(=O)N3CCOC[C@H](Cc4cccc5ncccc45)C3)c2C)cc1. The van der Waals surface area contributed by atoms with E-state index in [9.17, 15) is 4.79 Å². The van der Waals surface area contributed by atoms with Crippen LogP contribution in [0, 0.1) is 12.8 Å². The van der Waals surface area contributed by atoms with Crippen molar-refractivity contribution in [3.63, 3.8) is 0 Å². The Morgan fingerprint density at radius 3 is 2.71 bits per heavy atom. The Morgan fingerprint density at radius 1 is 1.06 bits per heavy atom. The molecule has 1 aliphatic heterocycles. The lowest BCUT2D eigenvalue weighted by Crippen LogP contribution is -2.36. The highest BCUT2D eigenvalue weighted by molar-refractivity contribution is 5.97. The number of carbonyl (C=O) groups excluding carboxylic acids is 1. The van der Waals surface area contributed by atoms with Crippen LogP contribution in [0.15, 0.2) is 79.0 Å². The van der Waals surface area contributed by atoms with Crippen LogP contribution in [0.1, 0.15) is 21.5 Å². The zero-order valence-corrected chi connectivity index (χ0v) is 20.2. The van der Waals surface area contributed by atoms with Gasteiger partial charge in [0.25, 0.3) is 5.91 Å². The van der Waals surface area contributed by atoms with Crippen LogP contribution in [-0.2, 0) is 11.2 Å². The van der Waals surface area contributed by atoms with Gasteiger partial charge in [-0.1, -0.05) is 42.5 Å². The summed E-state index contributed by atoms with van der Waals surface area (Å²) in [6.07, 6.45) is 2.67. The van der Waals surface area contributed by atoms with Crippen molar-refractivity contribution in [2.75, 3.05) is 33.4 Å². The Kier molecular flexibility index (Phi) is 6.77. The summed E-state index contributed by atoms with van der Waals surface area (Å²) in [5.41, 5.74) is 6.11. The molecule has 5 nitrogen and oxygen atoms in total. The Hall–Kier alpha value is -3.70. The molecule has 0 N–H and O–H groups in total. The number of amides is 1. The maximum atomic E-state index is 13.7. The summed E-state index contributed by atoms with van der Waals surface area (Å²) in [7, 11) is 1.66. The largest absolute Gasteiger partial charge is 0.497 e. The summed E-state index contributed by atoms with van der Waals surface area (Å²) in [4.78, 5) is 20.2. The number of benzene rings is 3. The van der Waals surface area contributed by atoms with Crippen LogP contribution in [0.4, 0.5) is 0 Å². The summed E-state index contributed by atoms with van der Waals surface area (Å²) in [5.74, 6) is 1.10. The molecule has 1 saturated heterocycles. The number of rotatable bonds is 5. The number of methoxy groups -OCH3 is 1. The van der Waals surface area contributed by atoms with Gasteiger partial charge >= 0.3 is 0 Å². The molecule has 0 radical (unpaired) electrons. The van der Waals surface area contributed by atoms with Gasteiger partial charge in [0.15, 0.2) is 0 Å². The van der Waals surface area contributed by atoms with Crippen LogP contribution in [0.5, 0.6) is 5.75 Å². The first-order valence-electron chi connectivity index (χ1n) is 12.1. The lowest BCUT2D eigenvalue weighted by Gasteiger charge is -2.25. The highest BCUT2D eigenvalue weighted by Crippen LogP contribution is 2.29. The lowest BCUT2D eigenvalue weighted by atomic mass is 9.94. The molecule has 1 aromatic heterocycles. The van der Waals surface area contributed by atoms with Crippen molar-refractivity contribution in [1.82, 2.24) is 9.88 Å². The molecular weight excluding hydrogens is 436 g/mol. The second-order valence-corrected chi connectivity index (χ2v) is 9.09. The molecule has 3 aromatic carbocycles. The maximum absolute atomic E-state index is 13.7. The molecule has 0 spiro atoms. The van der Waals surface area contributed by atoms with Crippen LogP contribution in [0.25, 0.3) is 22.0 Å². The van der Waals surface area contributed by atoms with Crippen molar-refractivity contribution in [3.05, 3.63) is 95.7 Å². The third kappa shape index (κ3) is 4.91. The standard InChI is InChI=1S/C30H30N2O3/c1-21-26(23-11-13-25(34-2)14-12-23)7-4-8-27(21)30(33)32-16-17-35-20-22(19-32)18-24-6-3-10-29-28(24)9-5-15-31-29/h3-15,22H,16-20H2,1-2H3/t22-/m1/s1. The van der Waals surface area contributed by atoms with Crippen LogP contribution in [-0.4, -0.2) is 49.2 Å². The Morgan fingerprint density at radius 2 is 1.89 bits per heavy atom. The van der Waals surface area contributed by atoms with Crippen LogP contribution < -0.4 is 4.74 Å². The van der Waals surface area contributed by atoms with E-state index >= 15 is 0 Å². The summed E-state index contributed by atoms with van der Waals surface area (Å²) in [6.45, 7) is 4.49. The molecular formula is C30H30N2O3. The minimum Gasteiger partial charge on any atom is -0.497 e. The minimum absolute atomic E-state index is 0.0629. The van der Waals surface area contributed by atoms with Crippen LogP contribution in [0.2, 0.25) is 0 Å². The van der Waals surface area contributed by atoms with Crippen molar-refractivity contribution in [3.8, 4) is 16.9 Å². The van der Waals surface area contributed by atoms with E-state index < -0.39 is 0 Å². The lowest BCUT2D eigenvalue weighted by molar-refractivity contribution is 0.0736. The van der Waals surface area contributed by atoms with Gasteiger partial charge in [0.1, 0.15) is 5.75 Å². The zero-order valence-electron chi connectivity index (χ0n) is 20.2. The van der Waals surface area contributed by atoms with Crippen molar-refractivity contribution >= 4 is 16.8 Å². The number of hydrogen-bond acceptors (Lipinski definition) is 4. The van der Waals surface area contributed by atoms with E-state index in [4.69, 9.17) is 9.47 Å². The number of pyridine rings is 1. The second kappa shape index (κ2) is 10.3. The van der Waals surface area contributed by atoms with Gasteiger partial charge in [0, 0.05) is 36.2 Å². The molecule has 0 unspecified atom stereocenters. The second-order valence-electron chi connectivity index (χ2n) is 9.09. The number of aromatic nitrogens is 1. The van der Waals surface area contributed by atoms with Gasteiger partial charge in [-0.05, 0) is 65.9 Å². The summed E-state index contributed by atoms with van der Waals surface area (Å²) >= 11 is 0. The average molecular weight is 467 g/mol. The maximum Gasteiger partial charge on any atom is 0.254 e. The fraction of sp³-hybridized carbons (Fsp3) is 0.267. The molecule has 5 heteroatoms. The van der Waals surface area contributed by atoms with E-state index in [0.29, 0.717) is 26.3 Å². The highest BCUT2D eigenvalue weighted by atomic mass is 16.5. The number of carbonyl (C=O) groups is 1. The molecule has 178 valence electrons. The van der Waals surface area contributed by atoms with Crippen molar-refractivity contribution in [2.45, 2.75) is 13.3 Å². The first kappa shape index (κ1) is 23.1. The minimum atomic E-state index is 0.0629. The summed E-state index contributed by atoms with van der Waals surface area (Å²) in [5, 5.41) is 1.17. The van der Waals surface area contributed by atoms with Crippen LogP contribution in [0.3, 0.4) is 0 Å². The van der Waals surface area contributed by atoms with E-state index in [1.807, 2.05) is 66.6 Å². The van der Waals surface area contributed by atoms with Crippen LogP contribution >= 0.6 is 0 Å². The fourth-order valence-corrected chi connectivity index (χ4v) is 4.97. The Balaban J connectivity index is 1.38. The smallest absolute Gasteiger partial charge is 0.254 e. The normalized spacial score (nSPS) is 16.2. The molecule has 0 saturated carbocycles. The molecule has 4 aromatic rings. The van der Waals surface area contributed by atoms with Gasteiger partial charge in [-0.15, -0.1) is 0 Å². The molecule has 0 bridgehead atoms. The van der Waals surface area contributed by atoms with Gasteiger partial charge in [-0.2, -0.15) is 0 Å². The fourth-order valence-electron chi connectivity index (χ4n) is 4.97. The molecule has 1 amide bonds. The van der Waals surface area contributed by atoms with Gasteiger partial charge < -0.3 is 14.4 Å². The first-order chi connectivity index (χ1) is 17.1. The van der Waals surface area contributed by atoms with E-state index in [1.54, 1.807) is 7.11 Å². The van der Waals surface area contributed by atoms with E-state index in [2.05, 4.69) is 29.2 Å². The number of nitrogens with zero attached hydrogens (tertiary/aromatic N) is 2. The monoisotopic (exact) mass is 466 g/mol. The van der Waals surface area contributed by atoms with Gasteiger partial charge in [-0.25, -0.2) is 0 Å². The summed E-state index contributed by atoms with van der Waals surface area (Å²) < 4.78 is 11.2. The van der Waals surface area contributed by atoms with Crippen molar-refractivity contribution in [2.24, 2.45) is 5.92 Å².